The van der Waals surface area contributed by atoms with Crippen LogP contribution in [0.5, 0.6) is 0 Å². The summed E-state index contributed by atoms with van der Waals surface area (Å²) >= 11 is 12.6. The van der Waals surface area contributed by atoms with E-state index >= 15 is 0 Å². The highest BCUT2D eigenvalue weighted by Crippen LogP contribution is 2.26. The van der Waals surface area contributed by atoms with E-state index < -0.39 is 15.9 Å². The van der Waals surface area contributed by atoms with Gasteiger partial charge in [-0.3, -0.25) is 14.8 Å². The molecule has 1 aliphatic heterocycles. The number of benzene rings is 2. The van der Waals surface area contributed by atoms with Gasteiger partial charge in [0.15, 0.2) is 0 Å². The van der Waals surface area contributed by atoms with Crippen LogP contribution >= 0.6 is 34.5 Å². The number of carbonyl (C=O) groups excluding carboxylic acids is 1. The second-order valence-electron chi connectivity index (χ2n) is 7.39. The number of anilines is 3. The standard InChI is InChI=1S/C20H20Cl2N6O3S2/c1-27-8-10-28(11-9-27)15-5-3-14(4-6-15)26-33(30,31)20-25-24-19(32-20)23-18(29)16-7-2-13(21)12-17(16)22/h2-7,12,26H,8-11H2,1H3,(H,23,24,29). The van der Waals surface area contributed by atoms with Crippen LogP contribution in [0.25, 0.3) is 0 Å². The summed E-state index contributed by atoms with van der Waals surface area (Å²) in [6, 6.07) is 11.6. The number of hydrogen-bond acceptors (Lipinski definition) is 8. The molecule has 33 heavy (non-hydrogen) atoms. The molecule has 1 saturated heterocycles. The average Bonchev–Trinajstić information content (AvgIpc) is 3.24. The molecule has 174 valence electrons. The third-order valence-electron chi connectivity index (χ3n) is 5.02. The van der Waals surface area contributed by atoms with Gasteiger partial charge in [0.25, 0.3) is 20.3 Å². The number of nitrogens with one attached hydrogen (secondary N) is 2. The first-order chi connectivity index (χ1) is 15.7. The number of piperazine rings is 1. The predicted molar refractivity (Wildman–Crippen MR) is 131 cm³/mol. The van der Waals surface area contributed by atoms with Gasteiger partial charge in [-0.1, -0.05) is 34.5 Å². The predicted octanol–water partition coefficient (Wildman–Crippen LogP) is 3.65. The van der Waals surface area contributed by atoms with Crippen molar-refractivity contribution in [3.8, 4) is 0 Å². The van der Waals surface area contributed by atoms with Crippen molar-refractivity contribution in [2.75, 3.05) is 48.2 Å². The molecule has 4 rings (SSSR count). The number of likely N-dealkylation sites (N-methyl/N-ethyl adjacent to an activating group) is 1. The van der Waals surface area contributed by atoms with Crippen molar-refractivity contribution in [2.45, 2.75) is 4.34 Å². The number of aromatic nitrogens is 2. The second kappa shape index (κ2) is 9.82. The second-order valence-corrected chi connectivity index (χ2v) is 11.1. The van der Waals surface area contributed by atoms with Crippen LogP contribution in [0, 0.1) is 0 Å². The Hall–Kier alpha value is -2.44. The third kappa shape index (κ3) is 5.74. The van der Waals surface area contributed by atoms with E-state index in [1.165, 1.54) is 18.2 Å². The Labute approximate surface area is 205 Å². The molecular weight excluding hydrogens is 507 g/mol. The van der Waals surface area contributed by atoms with E-state index in [9.17, 15) is 13.2 Å². The molecule has 0 unspecified atom stereocenters. The number of halogens is 2. The summed E-state index contributed by atoms with van der Waals surface area (Å²) in [6.07, 6.45) is 0. The Kier molecular flexibility index (Phi) is 7.05. The summed E-state index contributed by atoms with van der Waals surface area (Å²) in [5, 5.41) is 10.5. The summed E-state index contributed by atoms with van der Waals surface area (Å²) in [7, 11) is -1.88. The van der Waals surface area contributed by atoms with Gasteiger partial charge < -0.3 is 9.80 Å². The first-order valence-corrected chi connectivity index (χ1v) is 12.9. The van der Waals surface area contributed by atoms with E-state index in [4.69, 9.17) is 23.2 Å². The number of amides is 1. The fourth-order valence-electron chi connectivity index (χ4n) is 3.21. The lowest BCUT2D eigenvalue weighted by Crippen LogP contribution is -2.44. The van der Waals surface area contributed by atoms with Crippen molar-refractivity contribution >= 4 is 67.0 Å². The monoisotopic (exact) mass is 526 g/mol. The van der Waals surface area contributed by atoms with Crippen LogP contribution in [0.4, 0.5) is 16.5 Å². The topological polar surface area (TPSA) is 108 Å². The molecule has 0 spiro atoms. The smallest absolute Gasteiger partial charge is 0.291 e. The zero-order valence-corrected chi connectivity index (χ0v) is 20.6. The fourth-order valence-corrected chi connectivity index (χ4v) is 5.66. The van der Waals surface area contributed by atoms with E-state index in [0.29, 0.717) is 10.7 Å². The molecule has 1 fully saturated rings. The van der Waals surface area contributed by atoms with Crippen LogP contribution in [0.3, 0.4) is 0 Å². The molecule has 2 N–H and O–H groups in total. The number of sulfonamides is 1. The van der Waals surface area contributed by atoms with Crippen LogP contribution in [-0.4, -0.2) is 62.6 Å². The van der Waals surface area contributed by atoms with Gasteiger partial charge in [0.1, 0.15) is 0 Å². The van der Waals surface area contributed by atoms with E-state index in [0.717, 1.165) is 43.2 Å². The minimum atomic E-state index is -3.97. The van der Waals surface area contributed by atoms with Crippen LogP contribution in [0.15, 0.2) is 46.8 Å². The van der Waals surface area contributed by atoms with Crippen molar-refractivity contribution in [3.05, 3.63) is 58.1 Å². The van der Waals surface area contributed by atoms with Gasteiger partial charge in [0, 0.05) is 42.6 Å². The number of hydrogen-bond donors (Lipinski definition) is 2. The first-order valence-electron chi connectivity index (χ1n) is 9.87. The highest BCUT2D eigenvalue weighted by atomic mass is 35.5. The lowest BCUT2D eigenvalue weighted by molar-refractivity contribution is 0.102. The van der Waals surface area contributed by atoms with Gasteiger partial charge in [0.2, 0.25) is 5.13 Å². The molecule has 1 amide bonds. The Morgan fingerprint density at radius 2 is 1.73 bits per heavy atom. The molecule has 0 bridgehead atoms. The van der Waals surface area contributed by atoms with E-state index in [2.05, 4.69) is 37.1 Å². The molecule has 1 aliphatic rings. The molecule has 0 aliphatic carbocycles. The summed E-state index contributed by atoms with van der Waals surface area (Å²) < 4.78 is 27.7. The van der Waals surface area contributed by atoms with Gasteiger partial charge in [-0.05, 0) is 49.5 Å². The SMILES string of the molecule is CN1CCN(c2ccc(NS(=O)(=O)c3nnc(NC(=O)c4ccc(Cl)cc4Cl)s3)cc2)CC1. The zero-order chi connectivity index (χ0) is 23.6. The molecule has 0 atom stereocenters. The Balaban J connectivity index is 1.41. The maximum atomic E-state index is 12.7. The van der Waals surface area contributed by atoms with Gasteiger partial charge >= 0.3 is 0 Å². The summed E-state index contributed by atoms with van der Waals surface area (Å²) in [4.78, 5) is 16.9. The molecular formula is C20H20Cl2N6O3S2. The van der Waals surface area contributed by atoms with E-state index in [1.54, 1.807) is 12.1 Å². The molecule has 3 aromatic rings. The van der Waals surface area contributed by atoms with Crippen LogP contribution in [0.1, 0.15) is 10.4 Å². The number of rotatable bonds is 6. The lowest BCUT2D eigenvalue weighted by atomic mass is 10.2. The maximum absolute atomic E-state index is 12.7. The summed E-state index contributed by atoms with van der Waals surface area (Å²) in [5.74, 6) is -0.552. The van der Waals surface area contributed by atoms with Crippen molar-refractivity contribution in [1.82, 2.24) is 15.1 Å². The van der Waals surface area contributed by atoms with Crippen molar-refractivity contribution < 1.29 is 13.2 Å². The van der Waals surface area contributed by atoms with Crippen LogP contribution in [0.2, 0.25) is 10.0 Å². The van der Waals surface area contributed by atoms with Crippen molar-refractivity contribution in [3.63, 3.8) is 0 Å². The zero-order valence-electron chi connectivity index (χ0n) is 17.5. The highest BCUT2D eigenvalue weighted by molar-refractivity contribution is 7.94. The summed E-state index contributed by atoms with van der Waals surface area (Å²) in [5.41, 5.74) is 1.62. The molecule has 9 nitrogen and oxygen atoms in total. The molecule has 2 aromatic carbocycles. The summed E-state index contributed by atoms with van der Waals surface area (Å²) in [6.45, 7) is 3.80. The maximum Gasteiger partial charge on any atom is 0.291 e. The number of carbonyl (C=O) groups is 1. The molecule has 1 aromatic heterocycles. The first kappa shape index (κ1) is 23.7. The molecule has 2 heterocycles. The third-order valence-corrected chi connectivity index (χ3v) is 8.16. The van der Waals surface area contributed by atoms with Gasteiger partial charge in [-0.15, -0.1) is 10.2 Å². The Morgan fingerprint density at radius 3 is 2.39 bits per heavy atom. The lowest BCUT2D eigenvalue weighted by Gasteiger charge is -2.34. The van der Waals surface area contributed by atoms with Crippen LogP contribution < -0.4 is 14.9 Å². The van der Waals surface area contributed by atoms with Crippen LogP contribution in [-0.2, 0) is 10.0 Å². The molecule has 0 saturated carbocycles. The highest BCUT2D eigenvalue weighted by Gasteiger charge is 2.22. The quantitative estimate of drug-likeness (QED) is 0.472. The van der Waals surface area contributed by atoms with E-state index in [1.807, 2.05) is 12.1 Å². The van der Waals surface area contributed by atoms with Gasteiger partial charge in [-0.25, -0.2) is 0 Å². The fraction of sp³-hybridized carbons (Fsp3) is 0.250. The van der Waals surface area contributed by atoms with Gasteiger partial charge in [0.05, 0.1) is 10.6 Å². The largest absolute Gasteiger partial charge is 0.369 e. The van der Waals surface area contributed by atoms with E-state index in [-0.39, 0.29) is 20.1 Å². The Bertz CT molecular complexity index is 1260. The number of nitrogens with zero attached hydrogens (tertiary/aromatic N) is 4. The molecule has 0 radical (unpaired) electrons. The van der Waals surface area contributed by atoms with Crippen molar-refractivity contribution in [2.24, 2.45) is 0 Å². The Morgan fingerprint density at radius 1 is 1.03 bits per heavy atom. The van der Waals surface area contributed by atoms with Gasteiger partial charge in [-0.2, -0.15) is 8.42 Å². The minimum absolute atomic E-state index is 0.0248. The van der Waals surface area contributed by atoms with Crippen molar-refractivity contribution in [1.29, 1.82) is 0 Å². The molecule has 13 heteroatoms. The average molecular weight is 527 g/mol. The normalized spacial score (nSPS) is 14.8. The minimum Gasteiger partial charge on any atom is -0.369 e.